The Morgan fingerprint density at radius 1 is 0.421 bits per heavy atom. The summed E-state index contributed by atoms with van der Waals surface area (Å²) in [4.78, 5) is 41.0. The summed E-state index contributed by atoms with van der Waals surface area (Å²) in [6, 6.07) is 75.8. The average Bonchev–Trinajstić information content (AvgIpc) is 1.69. The van der Waals surface area contributed by atoms with Crippen molar-refractivity contribution in [1.29, 1.82) is 0 Å². The molecular weight excluding hydrogens is 2060 g/mol. The van der Waals surface area contributed by atoms with Crippen molar-refractivity contribution in [3.8, 4) is 23.0 Å². The molecule has 8 heterocycles. The third kappa shape index (κ3) is 19.6. The zero-order chi connectivity index (χ0) is 99.2. The number of carbonyl (C=O) groups excluding carboxylic acids is 2. The molecule has 2 amide bonds. The van der Waals surface area contributed by atoms with E-state index in [1.54, 1.807) is 54.3 Å². The lowest BCUT2D eigenvalue weighted by Crippen LogP contribution is -2.72. The van der Waals surface area contributed by atoms with Crippen molar-refractivity contribution in [2.45, 2.75) is 326 Å². The molecule has 2 N–H and O–H groups in total. The molecule has 16 aliphatic carbocycles. The average molecular weight is 2210 g/mol. The van der Waals surface area contributed by atoms with Gasteiger partial charge in [0.05, 0.1) is 38.5 Å². The van der Waals surface area contributed by atoms with Crippen LogP contribution in [0.5, 0.6) is 23.0 Å². The molecule has 772 valence electrons. The van der Waals surface area contributed by atoms with Crippen LogP contribution in [0.25, 0.3) is 11.1 Å². The molecule has 0 spiro atoms. The van der Waals surface area contributed by atoms with Crippen LogP contribution in [0.4, 0.5) is 18.4 Å². The molecule has 12 atom stereocenters. The zero-order valence-electron chi connectivity index (χ0n) is 86.9. The Hall–Kier alpha value is -7.65. The molecule has 16 nitrogen and oxygen atoms in total. The summed E-state index contributed by atoms with van der Waals surface area (Å²) in [7, 11) is 0. The van der Waals surface area contributed by atoms with Crippen molar-refractivity contribution in [2.75, 3.05) is 76.7 Å². The first-order valence-corrected chi connectivity index (χ1v) is 57.9. The van der Waals surface area contributed by atoms with E-state index in [1.165, 1.54) is 160 Å². The van der Waals surface area contributed by atoms with E-state index < -0.39 is 5.60 Å². The highest BCUT2D eigenvalue weighted by Crippen LogP contribution is 2.71. The van der Waals surface area contributed by atoms with Crippen LogP contribution in [0.1, 0.15) is 288 Å². The van der Waals surface area contributed by atoms with Crippen molar-refractivity contribution in [3.05, 3.63) is 272 Å². The Kier molecular flexibility index (Phi) is 28.7. The Morgan fingerprint density at radius 3 is 1.12 bits per heavy atom. The third-order valence-corrected chi connectivity index (χ3v) is 38.8. The van der Waals surface area contributed by atoms with Crippen molar-refractivity contribution in [2.24, 2.45) is 35.5 Å². The summed E-state index contributed by atoms with van der Waals surface area (Å²) in [5.41, 5.74) is 25.6. The number of amides is 2. The lowest BCUT2D eigenvalue weighted by molar-refractivity contribution is -0.197. The Labute approximate surface area is 894 Å². The van der Waals surface area contributed by atoms with E-state index in [4.69, 9.17) is 23.7 Å². The summed E-state index contributed by atoms with van der Waals surface area (Å²) in [6.07, 6.45) is 27.9. The van der Waals surface area contributed by atoms with Gasteiger partial charge in [0.2, 0.25) is 0 Å². The lowest BCUT2D eigenvalue weighted by atomic mass is 9.47. The summed E-state index contributed by atoms with van der Waals surface area (Å²) in [5.74, 6) is 9.85. The third-order valence-electron chi connectivity index (χ3n) is 37.3. The molecule has 21 heteroatoms. The second kappa shape index (κ2) is 40.8. The molecule has 6 saturated heterocycles. The van der Waals surface area contributed by atoms with Gasteiger partial charge in [0.25, 0.3) is 0 Å². The van der Waals surface area contributed by atoms with E-state index in [0.29, 0.717) is 136 Å². The first-order chi connectivity index (χ1) is 69.5. The largest absolute Gasteiger partial charge is 0.508 e. The molecule has 145 heavy (non-hydrogen) atoms. The van der Waals surface area contributed by atoms with Gasteiger partial charge < -0.3 is 43.9 Å². The minimum Gasteiger partial charge on any atom is -0.508 e. The van der Waals surface area contributed by atoms with Crippen LogP contribution >= 0.6 is 57.6 Å². The highest BCUT2D eigenvalue weighted by atomic mass is 127. The molecule has 24 aliphatic rings. The predicted molar refractivity (Wildman–Crippen MR) is 593 cm³/mol. The molecule has 8 aromatic rings. The molecule has 32 rings (SSSR count). The number of nitrogens with one attached hydrogen (secondary N) is 1. The van der Waals surface area contributed by atoms with Gasteiger partial charge in [-0.25, -0.2) is 9.59 Å². The van der Waals surface area contributed by atoms with Gasteiger partial charge in [-0.3, -0.25) is 33.3 Å². The van der Waals surface area contributed by atoms with Crippen LogP contribution in [-0.2, 0) is 35.2 Å². The van der Waals surface area contributed by atoms with E-state index >= 15 is 0 Å². The summed E-state index contributed by atoms with van der Waals surface area (Å²) in [5, 5.41) is 13.1. The van der Waals surface area contributed by atoms with Gasteiger partial charge >= 0.3 is 12.2 Å². The molecule has 0 aromatic heterocycles. The number of rotatable bonds is 19. The molecule has 12 saturated carbocycles. The molecule has 0 radical (unpaired) electrons. The van der Waals surface area contributed by atoms with Gasteiger partial charge in [-0.2, -0.15) is 0 Å². The van der Waals surface area contributed by atoms with Crippen molar-refractivity contribution in [1.82, 2.24) is 39.6 Å². The number of hydrogen-bond acceptors (Lipinski definition) is 14. The highest BCUT2D eigenvalue weighted by molar-refractivity contribution is 14.1. The predicted octanol–water partition coefficient (Wildman–Crippen LogP) is 26.2. The molecule has 18 fully saturated rings. The van der Waals surface area contributed by atoms with E-state index in [0.717, 1.165) is 104 Å². The number of hydrogen-bond donors (Lipinski definition) is 2. The van der Waals surface area contributed by atoms with Crippen LogP contribution in [0.15, 0.2) is 205 Å². The maximum absolute atomic E-state index is 12.4. The standard InChI is InChI=1S/C32H40N2O3.C30H35FN2O.C27H30N2O.C24H27NO.C8H14INO2.C3H6FI.ClH/c1-20-13-27-26-8-6-5-7-23(26)14-28(27)29(34(20)32-15-21(16-32)17-32)22-9-11-24(12-10-22)36-25-18-33(19-25)30(35)37-31(2,3)4;1-20-13-27-26-6-3-2-5-23(26)14-28(27)29(33(20)30-15-21(16-30)17-30)22-7-9-24(10-8-22)34-25-18-32(19-25)12-4-11-31;1-17-10-24-23-5-3-2-4-20(23)11-25(24)26(29(17)27-12-18(13-27)14-27)19-6-8-21(9-7-19)30-22-15-28-16-22;1-15-10-21-20-5-3-2-4-18(20)11-22(21)23(17-6-8-19(26)9-7-17)25(15)24-12-16(13-24)14-24;1-8(2,3)12-7(11)10-4-6(9)5-10;4-2-1-3-5;/h5-12,20-21,25,27-29H,13-19H2,1-4H3;2-3,5-10,20-21,25,29H,4,11-19H2,1H3;2-9,17-18,22,26,28H,10-16H2,1H3;2-9,15-16,21-23,26H,10-14H2,1H3;6H,4-5H2,1-3H3;1-3H2;1H/t20-,21?,27?,28?,29-,32?;20-,21?,29-,30?;17-,18?,26-,27?;15-,16?,21?,22?,23-,24?;;;/m1111.../s1. The number of halogens is 5. The van der Waals surface area contributed by atoms with Crippen LogP contribution in [-0.4, -0.2) is 208 Å². The summed E-state index contributed by atoms with van der Waals surface area (Å²) >= 11 is 4.48. The fraction of sp³-hybridized carbons (Fsp3) is 0.565. The number of piperidine rings is 2. The number of ether oxygens (including phenoxy) is 5. The van der Waals surface area contributed by atoms with Gasteiger partial charge in [-0.05, 0) is 395 Å². The number of phenolic OH excluding ortho intramolecular Hbond substituents is 1. The van der Waals surface area contributed by atoms with Crippen LogP contribution < -0.4 is 19.5 Å². The highest BCUT2D eigenvalue weighted by Gasteiger charge is 2.68. The van der Waals surface area contributed by atoms with Crippen molar-refractivity contribution >= 4 is 80.9 Å². The summed E-state index contributed by atoms with van der Waals surface area (Å²) in [6.45, 7) is 28.2. The fourth-order valence-electron chi connectivity index (χ4n) is 30.5. The smallest absolute Gasteiger partial charge is 0.410 e. The van der Waals surface area contributed by atoms with E-state index in [9.17, 15) is 23.5 Å². The minimum atomic E-state index is -0.470. The SMILES string of the molecule is CC(C)(C)OC(=O)N1CC(I)C1.C[C@@H]1CC2=C(Cc3ccccc32)[C@@H](c2ccc(OC3CN(CCCF)C3)cc2)N1C12CC(C1)C2.C[C@@H]1CC2=C(Cc3ccccc32)[C@@H](c2ccc(OC3CNC3)cc2)N1C12CC(C1)C2.C[C@@H]1CC2c3ccccc3CC2[C@@H](c2ccc(O)cc2)N1C12CC(C1)C2.C[C@@H]1CC2c3ccccc3CC2[C@@H](c2ccc(OC3CN(C(=O)OC(C)(C)C)C3)cc2)N1C12CC(C1)C2.Cl.FCCCI. The first kappa shape index (κ1) is 102. The van der Waals surface area contributed by atoms with Crippen LogP contribution in [0.3, 0.4) is 0 Å². The maximum atomic E-state index is 12.4. The number of alkyl halides is 4. The number of likely N-dealkylation sites (tertiary alicyclic amines) is 5. The van der Waals surface area contributed by atoms with Gasteiger partial charge in [0.15, 0.2) is 0 Å². The van der Waals surface area contributed by atoms with Gasteiger partial charge in [0.1, 0.15) is 52.5 Å². The number of fused-ring (bicyclic) bond motifs is 10. The van der Waals surface area contributed by atoms with Gasteiger partial charge in [-0.15, -0.1) is 12.4 Å². The quantitative estimate of drug-likeness (QED) is 0.0587. The topological polar surface area (TPSA) is 135 Å². The van der Waals surface area contributed by atoms with Crippen LogP contribution in [0.2, 0.25) is 0 Å². The van der Waals surface area contributed by atoms with Gasteiger partial charge in [-0.1, -0.05) is 191 Å². The number of aromatic hydroxyl groups is 1. The molecule has 4 unspecified atom stereocenters. The first-order valence-electron chi connectivity index (χ1n) is 55.2. The monoisotopic (exact) mass is 2210 g/mol. The van der Waals surface area contributed by atoms with Crippen molar-refractivity contribution < 1.29 is 47.2 Å². The molecule has 8 aromatic carbocycles. The van der Waals surface area contributed by atoms with Crippen LogP contribution in [0, 0.1) is 35.5 Å². The normalized spacial score (nSPS) is 32.6. The second-order valence-electron chi connectivity index (χ2n) is 49.5. The van der Waals surface area contributed by atoms with E-state index in [-0.39, 0.29) is 55.8 Å². The van der Waals surface area contributed by atoms with Gasteiger partial charge in [0, 0.05) is 113 Å². The van der Waals surface area contributed by atoms with Crippen molar-refractivity contribution in [3.63, 3.8) is 0 Å². The number of phenols is 1. The molecular formula is C124H153ClF2I2N8O8. The number of nitrogens with zero attached hydrogens (tertiary/aromatic N) is 7. The minimum absolute atomic E-state index is 0. The zero-order valence-corrected chi connectivity index (χ0v) is 92.1. The van der Waals surface area contributed by atoms with E-state index in [1.807, 2.05) is 53.7 Å². The Balaban J connectivity index is 0.000000105. The Bertz CT molecular complexity index is 6000. The second-order valence-corrected chi connectivity index (χ2v) is 52.4. The Morgan fingerprint density at radius 2 is 0.772 bits per heavy atom. The maximum Gasteiger partial charge on any atom is 0.410 e. The summed E-state index contributed by atoms with van der Waals surface area (Å²) < 4.78 is 54.1. The molecule has 8 bridgehead atoms. The van der Waals surface area contributed by atoms with E-state index in [2.05, 4.69) is 285 Å². The number of benzene rings is 8. The fourth-order valence-corrected chi connectivity index (χ4v) is 31.7. The number of carbonyl (C=O) groups is 2. The molecule has 8 aliphatic heterocycles. The lowest BCUT2D eigenvalue weighted by Gasteiger charge is -2.71.